The van der Waals surface area contributed by atoms with Crippen LogP contribution in [0.3, 0.4) is 0 Å². The van der Waals surface area contributed by atoms with Crippen molar-refractivity contribution in [3.8, 4) is 0 Å². The molecule has 2 atom stereocenters. The van der Waals surface area contributed by atoms with Crippen LogP contribution in [0, 0.1) is 11.8 Å². The normalized spacial score (nSPS) is 19.7. The number of halogens is 1. The predicted octanol–water partition coefficient (Wildman–Crippen LogP) is 3.10. The second kappa shape index (κ2) is 8.65. The van der Waals surface area contributed by atoms with E-state index in [0.29, 0.717) is 23.6 Å². The lowest BCUT2D eigenvalue weighted by molar-refractivity contribution is 0.101. The molecule has 2 heterocycles. The van der Waals surface area contributed by atoms with Crippen molar-refractivity contribution in [3.05, 3.63) is 69.7 Å². The van der Waals surface area contributed by atoms with Gasteiger partial charge in [0.25, 0.3) is 11.5 Å². The van der Waals surface area contributed by atoms with E-state index in [-0.39, 0.29) is 27.7 Å². The van der Waals surface area contributed by atoms with Gasteiger partial charge in [-0.25, -0.2) is 18.1 Å². The Morgan fingerprint density at radius 1 is 1.12 bits per heavy atom. The molecule has 0 spiro atoms. The number of carbonyl (C=O) groups excluding carboxylic acids is 1. The van der Waals surface area contributed by atoms with Crippen molar-refractivity contribution in [2.75, 3.05) is 18.5 Å². The van der Waals surface area contributed by atoms with Crippen molar-refractivity contribution in [1.82, 2.24) is 14.0 Å². The van der Waals surface area contributed by atoms with Crippen molar-refractivity contribution in [3.63, 3.8) is 0 Å². The minimum Gasteiger partial charge on any atom is -0.267 e. The van der Waals surface area contributed by atoms with Gasteiger partial charge in [-0.15, -0.1) is 0 Å². The van der Waals surface area contributed by atoms with Crippen LogP contribution in [0.1, 0.15) is 30.6 Å². The minimum atomic E-state index is -3.74. The maximum absolute atomic E-state index is 13.2. The molecule has 10 heteroatoms. The maximum atomic E-state index is 13.2. The summed E-state index contributed by atoms with van der Waals surface area (Å²) in [6.07, 6.45) is 2.18. The Bertz CT molecular complexity index is 1350. The number of nitrogens with zero attached hydrogens (tertiary/aromatic N) is 3. The average Bonchev–Trinajstić information content (AvgIpc) is 2.75. The highest BCUT2D eigenvalue weighted by Gasteiger charge is 2.32. The number of hydrogen-bond acceptors (Lipinski definition) is 5. The zero-order chi connectivity index (χ0) is 23.0. The van der Waals surface area contributed by atoms with E-state index in [9.17, 15) is 18.0 Å². The number of fused-ring (bicyclic) bond motifs is 1. The fourth-order valence-corrected chi connectivity index (χ4v) is 5.99. The maximum Gasteiger partial charge on any atom is 0.280 e. The van der Waals surface area contributed by atoms with Crippen molar-refractivity contribution in [1.29, 1.82) is 0 Å². The number of benzene rings is 2. The van der Waals surface area contributed by atoms with Gasteiger partial charge in [0.15, 0.2) is 0 Å². The highest BCUT2D eigenvalue weighted by molar-refractivity contribution is 7.89. The Labute approximate surface area is 190 Å². The van der Waals surface area contributed by atoms with Crippen molar-refractivity contribution < 1.29 is 13.2 Å². The third kappa shape index (κ3) is 4.41. The molecule has 0 radical (unpaired) electrons. The third-order valence-corrected chi connectivity index (χ3v) is 7.57. The zero-order valence-electron chi connectivity index (χ0n) is 17.7. The summed E-state index contributed by atoms with van der Waals surface area (Å²) >= 11 is 5.96. The lowest BCUT2D eigenvalue weighted by Gasteiger charge is -2.34. The first-order chi connectivity index (χ1) is 15.1. The van der Waals surface area contributed by atoms with Crippen molar-refractivity contribution in [2.24, 2.45) is 11.8 Å². The van der Waals surface area contributed by atoms with Gasteiger partial charge < -0.3 is 0 Å². The number of sulfonamides is 1. The number of amides is 1. The molecule has 0 saturated carbocycles. The fraction of sp³-hybridized carbons (Fsp3) is 0.318. The second-order valence-electron chi connectivity index (χ2n) is 8.32. The van der Waals surface area contributed by atoms with E-state index in [4.69, 9.17) is 11.6 Å². The molecule has 1 N–H and O–H groups in total. The molecule has 32 heavy (non-hydrogen) atoms. The summed E-state index contributed by atoms with van der Waals surface area (Å²) in [6, 6.07) is 10.5. The highest BCUT2D eigenvalue weighted by atomic mass is 35.5. The lowest BCUT2D eigenvalue weighted by Crippen LogP contribution is -2.42. The highest BCUT2D eigenvalue weighted by Crippen LogP contribution is 2.27. The SMILES string of the molecule is C[C@@H]1C[C@H](C)CN(S(=O)(=O)c2cccc(C(=O)Nn3cnc4ccc(Cl)cc4c3=O)c2)C1. The van der Waals surface area contributed by atoms with E-state index in [0.717, 1.165) is 11.1 Å². The van der Waals surface area contributed by atoms with Gasteiger partial charge in [0.05, 0.1) is 15.8 Å². The summed E-state index contributed by atoms with van der Waals surface area (Å²) in [5, 5.41) is 0.629. The number of rotatable bonds is 4. The van der Waals surface area contributed by atoms with Crippen LogP contribution in [0.5, 0.6) is 0 Å². The molecule has 1 aliphatic rings. The molecule has 1 aliphatic heterocycles. The third-order valence-electron chi connectivity index (χ3n) is 5.51. The average molecular weight is 475 g/mol. The lowest BCUT2D eigenvalue weighted by atomic mass is 9.94. The van der Waals surface area contributed by atoms with Gasteiger partial charge in [-0.3, -0.25) is 15.0 Å². The summed E-state index contributed by atoms with van der Waals surface area (Å²) in [6.45, 7) is 4.96. The number of hydrogen-bond donors (Lipinski definition) is 1. The predicted molar refractivity (Wildman–Crippen MR) is 123 cm³/mol. The first-order valence-electron chi connectivity index (χ1n) is 10.2. The van der Waals surface area contributed by atoms with Gasteiger partial charge in [0.1, 0.15) is 6.33 Å². The molecule has 1 amide bonds. The Morgan fingerprint density at radius 2 is 1.84 bits per heavy atom. The van der Waals surface area contributed by atoms with Crippen LogP contribution in [0.25, 0.3) is 10.9 Å². The minimum absolute atomic E-state index is 0.0437. The fourth-order valence-electron chi connectivity index (χ4n) is 4.10. The van der Waals surface area contributed by atoms with Crippen LogP contribution >= 0.6 is 11.6 Å². The number of aromatic nitrogens is 2. The molecular weight excluding hydrogens is 452 g/mol. The van der Waals surface area contributed by atoms with E-state index in [1.807, 2.05) is 13.8 Å². The number of piperidine rings is 1. The van der Waals surface area contributed by atoms with Crippen molar-refractivity contribution >= 4 is 38.4 Å². The Hall–Kier alpha value is -2.75. The molecule has 4 rings (SSSR count). The monoisotopic (exact) mass is 474 g/mol. The van der Waals surface area contributed by atoms with E-state index >= 15 is 0 Å². The molecular formula is C22H23ClN4O4S. The largest absolute Gasteiger partial charge is 0.280 e. The summed E-state index contributed by atoms with van der Waals surface area (Å²) in [7, 11) is -3.74. The van der Waals surface area contributed by atoms with Crippen LogP contribution in [-0.2, 0) is 10.0 Å². The van der Waals surface area contributed by atoms with Gasteiger partial charge in [0.2, 0.25) is 10.0 Å². The van der Waals surface area contributed by atoms with E-state index in [1.54, 1.807) is 12.1 Å². The molecule has 1 aromatic heterocycles. The van der Waals surface area contributed by atoms with Gasteiger partial charge in [0, 0.05) is 23.7 Å². The van der Waals surface area contributed by atoms with Gasteiger partial charge in [-0.1, -0.05) is 31.5 Å². The van der Waals surface area contributed by atoms with E-state index < -0.39 is 21.5 Å². The molecule has 2 aromatic carbocycles. The second-order valence-corrected chi connectivity index (χ2v) is 10.7. The molecule has 8 nitrogen and oxygen atoms in total. The Kier molecular flexibility index (Phi) is 6.07. The Balaban J connectivity index is 1.61. The summed E-state index contributed by atoms with van der Waals surface area (Å²) in [5.74, 6) is -0.103. The van der Waals surface area contributed by atoms with Gasteiger partial charge in [-0.05, 0) is 54.7 Å². The molecule has 1 fully saturated rings. The Morgan fingerprint density at radius 3 is 2.56 bits per heavy atom. The molecule has 0 unspecified atom stereocenters. The summed E-state index contributed by atoms with van der Waals surface area (Å²) in [4.78, 5) is 29.7. The van der Waals surface area contributed by atoms with Crippen LogP contribution < -0.4 is 11.0 Å². The van der Waals surface area contributed by atoms with Crippen LogP contribution in [0.2, 0.25) is 5.02 Å². The first kappa shape index (κ1) is 22.4. The van der Waals surface area contributed by atoms with Crippen molar-refractivity contribution in [2.45, 2.75) is 25.2 Å². The summed E-state index contributed by atoms with van der Waals surface area (Å²) < 4.78 is 28.8. The number of carbonyl (C=O) groups is 1. The molecule has 0 bridgehead atoms. The quantitative estimate of drug-likeness (QED) is 0.626. The topological polar surface area (TPSA) is 101 Å². The van der Waals surface area contributed by atoms with E-state index in [2.05, 4.69) is 10.4 Å². The molecule has 0 aliphatic carbocycles. The van der Waals surface area contributed by atoms with Crippen LogP contribution in [-0.4, -0.2) is 41.4 Å². The molecule has 1 saturated heterocycles. The smallest absolute Gasteiger partial charge is 0.267 e. The van der Waals surface area contributed by atoms with Gasteiger partial charge >= 0.3 is 0 Å². The standard InChI is InChI=1S/C22H23ClN4O4S/c1-14-8-15(2)12-26(11-14)32(30,31)18-5-3-4-16(9-18)21(28)25-27-13-24-20-7-6-17(23)10-19(20)22(27)29/h3-7,9-10,13-15H,8,11-12H2,1-2H3,(H,25,28)/t14-,15+. The van der Waals surface area contributed by atoms with E-state index in [1.165, 1.54) is 41.0 Å². The van der Waals surface area contributed by atoms with Crippen LogP contribution in [0.15, 0.2) is 58.5 Å². The zero-order valence-corrected chi connectivity index (χ0v) is 19.2. The van der Waals surface area contributed by atoms with Crippen LogP contribution in [0.4, 0.5) is 0 Å². The molecule has 168 valence electrons. The molecule has 3 aromatic rings. The summed E-state index contributed by atoms with van der Waals surface area (Å²) in [5.41, 5.74) is 2.53. The van der Waals surface area contributed by atoms with Gasteiger partial charge in [-0.2, -0.15) is 4.31 Å². The number of nitrogens with one attached hydrogen (secondary N) is 1. The first-order valence-corrected chi connectivity index (χ1v) is 12.1.